The van der Waals surface area contributed by atoms with E-state index in [9.17, 15) is 29.3 Å². The summed E-state index contributed by atoms with van der Waals surface area (Å²) in [6, 6.07) is 0.227. The van der Waals surface area contributed by atoms with E-state index in [-0.39, 0.29) is 36.7 Å². The van der Waals surface area contributed by atoms with Crippen molar-refractivity contribution in [3.8, 4) is 0 Å². The van der Waals surface area contributed by atoms with Crippen molar-refractivity contribution in [1.82, 2.24) is 24.4 Å². The molecule has 1 unspecified atom stereocenters. The van der Waals surface area contributed by atoms with E-state index in [1.807, 2.05) is 0 Å². The number of nitrogens with one attached hydrogen (secondary N) is 1. The van der Waals surface area contributed by atoms with Crippen LogP contribution in [0.2, 0.25) is 5.28 Å². The monoisotopic (exact) mass is 652 g/mol. The third kappa shape index (κ3) is 8.71. The number of amides is 1. The van der Waals surface area contributed by atoms with Gasteiger partial charge in [0.1, 0.15) is 31.5 Å². The Balaban J connectivity index is 1.30. The van der Waals surface area contributed by atoms with Crippen LogP contribution in [0.15, 0.2) is 6.33 Å². The smallest absolute Gasteiger partial charge is 0.432 e. The van der Waals surface area contributed by atoms with Gasteiger partial charge in [-0.3, -0.25) is 13.9 Å². The fourth-order valence-electron chi connectivity index (χ4n) is 4.60. The quantitative estimate of drug-likeness (QED) is 0.0727. The number of anilines is 1. The van der Waals surface area contributed by atoms with Crippen LogP contribution in [0.4, 0.5) is 10.6 Å². The molecule has 5 atom stereocenters. The van der Waals surface area contributed by atoms with E-state index >= 15 is 0 Å². The molecule has 3 heterocycles. The van der Waals surface area contributed by atoms with Crippen LogP contribution in [0.1, 0.15) is 31.9 Å². The number of ether oxygens (including phenoxy) is 4. The zero-order valence-corrected chi connectivity index (χ0v) is 25.1. The maximum atomic E-state index is 12.5. The average molecular weight is 653 g/mol. The minimum absolute atomic E-state index is 0.0385. The van der Waals surface area contributed by atoms with Gasteiger partial charge in [-0.15, -0.1) is 0 Å². The Hall–Kier alpha value is -2.67. The van der Waals surface area contributed by atoms with Gasteiger partial charge >= 0.3 is 14.0 Å². The second-order valence-corrected chi connectivity index (χ2v) is 11.6. The van der Waals surface area contributed by atoms with Crippen LogP contribution in [-0.2, 0) is 37.4 Å². The number of fused-ring (bicyclic) bond motifs is 1. The number of likely N-dealkylation sites (N-methyl/N-ethyl adjacent to an activating group) is 1. The molecule has 0 spiro atoms. The Kier molecular flexibility index (Phi) is 11.5. The molecule has 1 aliphatic heterocycles. The minimum Gasteiger partial charge on any atom is -0.432 e. The highest BCUT2D eigenvalue weighted by molar-refractivity contribution is 7.47. The summed E-state index contributed by atoms with van der Waals surface area (Å²) < 4.78 is 42.2. The molecule has 1 aliphatic carbocycles. The number of phosphoric acid groups is 1. The number of hydrogen-bond acceptors (Lipinski definition) is 15. The number of aliphatic hydroxyl groups is 2. The number of halogens is 1. The number of carbonyl (C=O) groups is 2. The van der Waals surface area contributed by atoms with Crippen molar-refractivity contribution in [1.29, 1.82) is 0 Å². The molecule has 1 saturated heterocycles. The molecule has 18 nitrogen and oxygen atoms in total. The number of imidazole rings is 1. The highest BCUT2D eigenvalue weighted by atomic mass is 35.5. The van der Waals surface area contributed by atoms with Gasteiger partial charge in [0.05, 0.1) is 12.9 Å². The van der Waals surface area contributed by atoms with Crippen molar-refractivity contribution in [3.63, 3.8) is 0 Å². The van der Waals surface area contributed by atoms with Crippen LogP contribution < -0.4 is 5.32 Å². The van der Waals surface area contributed by atoms with Crippen molar-refractivity contribution in [3.05, 3.63) is 11.6 Å². The van der Waals surface area contributed by atoms with Crippen LogP contribution in [0, 0.1) is 0 Å². The molecule has 0 radical (unpaired) electrons. The lowest BCUT2D eigenvalue weighted by Crippen LogP contribution is -2.42. The summed E-state index contributed by atoms with van der Waals surface area (Å²) in [6.07, 6.45) is -0.604. The number of aromatic nitrogens is 4. The molecule has 2 aromatic rings. The minimum atomic E-state index is -4.78. The van der Waals surface area contributed by atoms with E-state index in [1.54, 1.807) is 0 Å². The van der Waals surface area contributed by atoms with Crippen LogP contribution in [0.25, 0.3) is 11.2 Å². The number of rotatable bonds is 14. The average Bonchev–Trinajstić information content (AvgIpc) is 3.68. The first-order valence-electron chi connectivity index (χ1n) is 13.3. The Morgan fingerprint density at radius 1 is 1.19 bits per heavy atom. The number of phosphoric ester groups is 1. The molecule has 2 aliphatic rings. The van der Waals surface area contributed by atoms with Gasteiger partial charge in [0.15, 0.2) is 23.2 Å². The summed E-state index contributed by atoms with van der Waals surface area (Å²) in [7, 11) is -2.04. The van der Waals surface area contributed by atoms with Gasteiger partial charge in [0.2, 0.25) is 18.0 Å². The maximum Gasteiger partial charge on any atom is 0.510 e. The molecule has 4 rings (SSSR count). The van der Waals surface area contributed by atoms with Crippen molar-refractivity contribution < 1.29 is 57.3 Å². The molecule has 1 amide bonds. The van der Waals surface area contributed by atoms with E-state index in [0.717, 1.165) is 30.6 Å². The Morgan fingerprint density at radius 3 is 2.65 bits per heavy atom. The van der Waals surface area contributed by atoms with Crippen molar-refractivity contribution >= 4 is 48.5 Å². The highest BCUT2D eigenvalue weighted by Gasteiger charge is 2.45. The zero-order valence-electron chi connectivity index (χ0n) is 23.4. The van der Waals surface area contributed by atoms with Crippen LogP contribution >= 0.6 is 19.4 Å². The first-order valence-corrected chi connectivity index (χ1v) is 15.2. The second kappa shape index (κ2) is 14.9. The molecule has 2 fully saturated rings. The third-order valence-corrected chi connectivity index (χ3v) is 7.89. The summed E-state index contributed by atoms with van der Waals surface area (Å²) in [5.74, 6) is -0.323. The van der Waals surface area contributed by atoms with E-state index in [0.29, 0.717) is 11.3 Å². The molecule has 240 valence electrons. The summed E-state index contributed by atoms with van der Waals surface area (Å²) in [5, 5.41) is 24.8. The van der Waals surface area contributed by atoms with Gasteiger partial charge in [0.25, 0.3) is 0 Å². The molecule has 0 bridgehead atoms. The number of aliphatic hydroxyl groups excluding tert-OH is 2. The lowest BCUT2D eigenvalue weighted by molar-refractivity contribution is -0.135. The fourth-order valence-corrected chi connectivity index (χ4v) is 5.30. The van der Waals surface area contributed by atoms with Gasteiger partial charge in [-0.05, 0) is 24.4 Å². The Bertz CT molecular complexity index is 1310. The summed E-state index contributed by atoms with van der Waals surface area (Å²) in [4.78, 5) is 47.5. The normalized spacial score (nSPS) is 23.8. The second-order valence-electron chi connectivity index (χ2n) is 9.84. The topological polar surface area (TPSA) is 226 Å². The van der Waals surface area contributed by atoms with E-state index < -0.39 is 57.8 Å². The summed E-state index contributed by atoms with van der Waals surface area (Å²) >= 11 is 6.18. The lowest BCUT2D eigenvalue weighted by atomic mass is 10.1. The molecule has 2 aromatic heterocycles. The van der Waals surface area contributed by atoms with Gasteiger partial charge in [0, 0.05) is 26.7 Å². The van der Waals surface area contributed by atoms with Gasteiger partial charge in [-0.25, -0.2) is 18.9 Å². The van der Waals surface area contributed by atoms with E-state index in [1.165, 1.54) is 25.1 Å². The van der Waals surface area contributed by atoms with Gasteiger partial charge in [-0.1, -0.05) is 12.8 Å². The molecule has 0 aromatic carbocycles. The fraction of sp³-hybridized carbons (Fsp3) is 0.696. The Labute approximate surface area is 250 Å². The first kappa shape index (κ1) is 33.2. The Morgan fingerprint density at radius 2 is 1.93 bits per heavy atom. The predicted molar refractivity (Wildman–Crippen MR) is 146 cm³/mol. The van der Waals surface area contributed by atoms with Crippen LogP contribution in [0.5, 0.6) is 0 Å². The van der Waals surface area contributed by atoms with E-state index in [4.69, 9.17) is 16.3 Å². The van der Waals surface area contributed by atoms with Crippen molar-refractivity contribution in [2.75, 3.05) is 52.6 Å². The summed E-state index contributed by atoms with van der Waals surface area (Å²) in [6.45, 7) is -2.06. The van der Waals surface area contributed by atoms with Crippen LogP contribution in [0.3, 0.4) is 0 Å². The van der Waals surface area contributed by atoms with E-state index in [2.05, 4.69) is 43.5 Å². The highest BCUT2D eigenvalue weighted by Crippen LogP contribution is 2.43. The van der Waals surface area contributed by atoms with Gasteiger partial charge in [-0.2, -0.15) is 9.97 Å². The molecular formula is C23H34ClN6O12P. The number of hydrogen-bond donors (Lipinski definition) is 4. The molecule has 4 N–H and O–H groups in total. The number of methoxy groups -OCH3 is 1. The SMILES string of the molecule is COCCOC(=O)OCOP(=O)(O)OCC(=O)N(C)C[C@H]1O[C@@H](n2cnc3c(NC4CCCC4)nc(Cl)nc32)[C@H](O)[C@@H]1O. The summed E-state index contributed by atoms with van der Waals surface area (Å²) in [5.41, 5.74) is 0.694. The van der Waals surface area contributed by atoms with Crippen LogP contribution in [-0.4, -0.2) is 123 Å². The zero-order chi connectivity index (χ0) is 31.1. The third-order valence-electron chi connectivity index (χ3n) is 6.83. The largest absolute Gasteiger partial charge is 0.510 e. The standard InChI is InChI=1S/C23H34ClN6O12P/c1-29(15(31)10-40-43(35,36)41-12-39-23(34)38-8-7-37-2)9-14-17(32)18(33)21(42-14)30-11-25-16-19(26-13-5-3-4-6-13)27-22(24)28-20(16)30/h11,13-14,17-18,21,32-33H,3-10,12H2,1-2H3,(H,35,36)(H,26,27,28)/t14-,17-,18-,21-/m1/s1. The number of nitrogens with zero attached hydrogens (tertiary/aromatic N) is 5. The molecule has 20 heteroatoms. The maximum absolute atomic E-state index is 12.5. The first-order chi connectivity index (χ1) is 20.5. The van der Waals surface area contributed by atoms with Crippen molar-refractivity contribution in [2.45, 2.75) is 56.3 Å². The van der Waals surface area contributed by atoms with Crippen molar-refractivity contribution in [2.24, 2.45) is 0 Å². The van der Waals surface area contributed by atoms with Gasteiger partial charge < -0.3 is 44.3 Å². The predicted octanol–water partition coefficient (Wildman–Crippen LogP) is 0.802. The lowest BCUT2D eigenvalue weighted by Gasteiger charge is -2.23. The number of carbonyl (C=O) groups excluding carboxylic acids is 2. The molecule has 1 saturated carbocycles. The molecule has 43 heavy (non-hydrogen) atoms. The molecular weight excluding hydrogens is 619 g/mol.